The molecule has 1 aliphatic heterocycles. The second-order valence-corrected chi connectivity index (χ2v) is 7.30. The Hall–Kier alpha value is -3.29. The van der Waals surface area contributed by atoms with Crippen molar-refractivity contribution in [2.75, 3.05) is 0 Å². The van der Waals surface area contributed by atoms with E-state index in [1.54, 1.807) is 11.6 Å². The van der Waals surface area contributed by atoms with E-state index in [0.717, 1.165) is 23.6 Å². The molecule has 0 saturated heterocycles. The molecule has 0 saturated carbocycles. The summed E-state index contributed by atoms with van der Waals surface area (Å²) >= 11 is 0. The topological polar surface area (TPSA) is 91.3 Å². The highest BCUT2D eigenvalue weighted by molar-refractivity contribution is 5.93. The predicted molar refractivity (Wildman–Crippen MR) is 106 cm³/mol. The highest BCUT2D eigenvalue weighted by Gasteiger charge is 2.24. The van der Waals surface area contributed by atoms with Crippen LogP contribution < -0.4 is 15.7 Å². The minimum Gasteiger partial charge on any atom is -0.486 e. The van der Waals surface area contributed by atoms with Crippen molar-refractivity contribution in [1.82, 2.24) is 19.7 Å². The van der Waals surface area contributed by atoms with Gasteiger partial charge in [0.05, 0.1) is 0 Å². The molecule has 0 radical (unpaired) electrons. The van der Waals surface area contributed by atoms with Crippen molar-refractivity contribution in [3.05, 3.63) is 69.8 Å². The zero-order valence-corrected chi connectivity index (χ0v) is 16.6. The first kappa shape index (κ1) is 19.0. The van der Waals surface area contributed by atoms with Crippen LogP contribution >= 0.6 is 0 Å². The van der Waals surface area contributed by atoms with Crippen LogP contribution in [-0.2, 0) is 26.6 Å². The molecule has 4 rings (SSSR count). The lowest BCUT2D eigenvalue weighted by atomic mass is 10.1. The van der Waals surface area contributed by atoms with E-state index in [1.807, 2.05) is 43.3 Å². The molecular formula is C21H24N4O4. The molecule has 8 heteroatoms. The molecule has 8 nitrogen and oxygen atoms in total. The van der Waals surface area contributed by atoms with Crippen LogP contribution in [0.15, 0.2) is 45.6 Å². The Morgan fingerprint density at radius 1 is 1.31 bits per heavy atom. The van der Waals surface area contributed by atoms with E-state index in [1.165, 1.54) is 4.68 Å². The molecule has 152 valence electrons. The van der Waals surface area contributed by atoms with Crippen molar-refractivity contribution in [2.24, 2.45) is 7.05 Å². The Morgan fingerprint density at radius 3 is 2.90 bits per heavy atom. The fraction of sp³-hybridized carbons (Fsp3) is 0.381. The molecule has 0 aliphatic carbocycles. The van der Waals surface area contributed by atoms with Crippen LogP contribution in [-0.4, -0.2) is 26.3 Å². The van der Waals surface area contributed by atoms with Crippen LogP contribution in [0, 0.1) is 6.92 Å². The van der Waals surface area contributed by atoms with Crippen LogP contribution in [0.3, 0.4) is 0 Å². The number of furan rings is 1. The predicted octanol–water partition coefficient (Wildman–Crippen LogP) is 2.20. The molecule has 1 atom stereocenters. The summed E-state index contributed by atoms with van der Waals surface area (Å²) in [5.74, 6) is 2.17. The number of amides is 1. The summed E-state index contributed by atoms with van der Waals surface area (Å²) in [6.07, 6.45) is 2.05. The molecular weight excluding hydrogens is 372 g/mol. The first-order valence-electron chi connectivity index (χ1n) is 9.72. The molecule has 1 N–H and O–H groups in total. The summed E-state index contributed by atoms with van der Waals surface area (Å²) in [5.41, 5.74) is 0.654. The molecule has 0 bridgehead atoms. The maximum atomic E-state index is 12.7. The number of para-hydroxylation sites is 1. The van der Waals surface area contributed by atoms with Crippen molar-refractivity contribution in [1.29, 1.82) is 0 Å². The number of ether oxygens (including phenoxy) is 1. The quantitative estimate of drug-likeness (QED) is 0.714. The maximum absolute atomic E-state index is 12.7. The van der Waals surface area contributed by atoms with Crippen molar-refractivity contribution in [3.63, 3.8) is 0 Å². The van der Waals surface area contributed by atoms with Gasteiger partial charge in [0.15, 0.2) is 5.76 Å². The smallest absolute Gasteiger partial charge is 0.345 e. The van der Waals surface area contributed by atoms with Gasteiger partial charge in [0.1, 0.15) is 23.9 Å². The zero-order chi connectivity index (χ0) is 20.4. The lowest BCUT2D eigenvalue weighted by Gasteiger charge is -2.15. The van der Waals surface area contributed by atoms with Gasteiger partial charge in [-0.3, -0.25) is 9.36 Å². The lowest BCUT2D eigenvalue weighted by Crippen LogP contribution is -2.35. The summed E-state index contributed by atoms with van der Waals surface area (Å²) < 4.78 is 14.5. The zero-order valence-electron chi connectivity index (χ0n) is 16.6. The molecule has 0 fully saturated rings. The first-order valence-corrected chi connectivity index (χ1v) is 9.72. The van der Waals surface area contributed by atoms with E-state index in [0.29, 0.717) is 30.9 Å². The van der Waals surface area contributed by atoms with Crippen LogP contribution in [0.4, 0.5) is 0 Å². The Morgan fingerprint density at radius 2 is 2.10 bits per heavy atom. The summed E-state index contributed by atoms with van der Waals surface area (Å²) in [4.78, 5) is 24.8. The summed E-state index contributed by atoms with van der Waals surface area (Å²) in [7, 11) is 1.65. The summed E-state index contributed by atoms with van der Waals surface area (Å²) in [5, 5.41) is 7.31. The fourth-order valence-electron chi connectivity index (χ4n) is 3.61. The molecule has 0 spiro atoms. The van der Waals surface area contributed by atoms with Crippen molar-refractivity contribution >= 4 is 5.91 Å². The second-order valence-electron chi connectivity index (χ2n) is 7.30. The normalized spacial score (nSPS) is 16.1. The minimum absolute atomic E-state index is 0.0394. The van der Waals surface area contributed by atoms with Crippen LogP contribution in [0.2, 0.25) is 0 Å². The highest BCUT2D eigenvalue weighted by Crippen LogP contribution is 2.19. The Bertz CT molecular complexity index is 1060. The van der Waals surface area contributed by atoms with E-state index in [4.69, 9.17) is 9.15 Å². The number of hydrogen-bond acceptors (Lipinski definition) is 5. The standard InChI is InChI=1S/C21H24N4O4/c1-14-12-17(13-28-16-6-4-3-5-7-16)29-19(14)20(26)22-15-8-9-18-23-24(2)21(27)25(18)11-10-15/h3-7,12,15H,8-11,13H2,1-2H3,(H,22,26). The maximum Gasteiger partial charge on any atom is 0.345 e. The lowest BCUT2D eigenvalue weighted by molar-refractivity contribution is 0.0899. The Kier molecular flexibility index (Phi) is 5.24. The average Bonchev–Trinajstić information content (AvgIpc) is 3.14. The van der Waals surface area contributed by atoms with Crippen molar-refractivity contribution in [2.45, 2.75) is 45.4 Å². The molecule has 2 aromatic heterocycles. The summed E-state index contributed by atoms with van der Waals surface area (Å²) in [6.45, 7) is 2.64. The number of benzene rings is 1. The Labute approximate surface area is 168 Å². The fourth-order valence-corrected chi connectivity index (χ4v) is 3.61. The number of aryl methyl sites for hydroxylation is 3. The highest BCUT2D eigenvalue weighted by atomic mass is 16.5. The molecule has 1 unspecified atom stereocenters. The second kappa shape index (κ2) is 7.98. The number of rotatable bonds is 5. The van der Waals surface area contributed by atoms with Crippen molar-refractivity contribution < 1.29 is 13.9 Å². The van der Waals surface area contributed by atoms with Gasteiger partial charge >= 0.3 is 5.69 Å². The van der Waals surface area contributed by atoms with Gasteiger partial charge < -0.3 is 14.5 Å². The van der Waals surface area contributed by atoms with E-state index in [2.05, 4.69) is 10.4 Å². The van der Waals surface area contributed by atoms with Gasteiger partial charge in [-0.1, -0.05) is 18.2 Å². The molecule has 3 heterocycles. The molecule has 1 amide bonds. The summed E-state index contributed by atoms with van der Waals surface area (Å²) in [6, 6.07) is 11.2. The Balaban J connectivity index is 1.37. The van der Waals surface area contributed by atoms with E-state index < -0.39 is 0 Å². The van der Waals surface area contributed by atoms with Crippen LogP contribution in [0.5, 0.6) is 5.75 Å². The first-order chi connectivity index (χ1) is 14.0. The van der Waals surface area contributed by atoms with Gasteiger partial charge in [-0.15, -0.1) is 0 Å². The SMILES string of the molecule is Cc1cc(COc2ccccc2)oc1C(=O)NC1CCc2nn(C)c(=O)n2CC1. The third-order valence-corrected chi connectivity index (χ3v) is 5.14. The van der Waals surface area contributed by atoms with Gasteiger partial charge in [-0.05, 0) is 38.0 Å². The number of nitrogens with zero attached hydrogens (tertiary/aromatic N) is 3. The monoisotopic (exact) mass is 396 g/mol. The number of carbonyl (C=O) groups is 1. The molecule has 1 aromatic carbocycles. The minimum atomic E-state index is -0.245. The van der Waals surface area contributed by atoms with Gasteiger partial charge in [0, 0.05) is 31.6 Å². The number of carbonyl (C=O) groups excluding carboxylic acids is 1. The third kappa shape index (κ3) is 4.11. The van der Waals surface area contributed by atoms with Gasteiger partial charge in [0.25, 0.3) is 5.91 Å². The number of nitrogens with one attached hydrogen (secondary N) is 1. The average molecular weight is 396 g/mol. The van der Waals surface area contributed by atoms with Gasteiger partial charge in [-0.2, -0.15) is 5.10 Å². The molecule has 29 heavy (non-hydrogen) atoms. The number of aromatic nitrogens is 3. The third-order valence-electron chi connectivity index (χ3n) is 5.14. The number of fused-ring (bicyclic) bond motifs is 1. The number of hydrogen-bond donors (Lipinski definition) is 1. The molecule has 1 aliphatic rings. The van der Waals surface area contributed by atoms with E-state index >= 15 is 0 Å². The largest absolute Gasteiger partial charge is 0.486 e. The van der Waals surface area contributed by atoms with Gasteiger partial charge in [-0.25, -0.2) is 9.48 Å². The van der Waals surface area contributed by atoms with Crippen LogP contribution in [0.1, 0.15) is 40.5 Å². The van der Waals surface area contributed by atoms with Crippen LogP contribution in [0.25, 0.3) is 0 Å². The van der Waals surface area contributed by atoms with E-state index in [-0.39, 0.29) is 24.2 Å². The van der Waals surface area contributed by atoms with Crippen molar-refractivity contribution in [3.8, 4) is 5.75 Å². The molecule has 3 aromatic rings. The van der Waals surface area contributed by atoms with Gasteiger partial charge in [0.2, 0.25) is 0 Å². The van der Waals surface area contributed by atoms with E-state index in [9.17, 15) is 9.59 Å².